The fourth-order valence-electron chi connectivity index (χ4n) is 2.27. The van der Waals surface area contributed by atoms with E-state index in [1.54, 1.807) is 25.3 Å². The molecule has 0 radical (unpaired) electrons. The lowest BCUT2D eigenvalue weighted by atomic mass is 10.1. The van der Waals surface area contributed by atoms with E-state index in [1.807, 2.05) is 37.3 Å². The van der Waals surface area contributed by atoms with Crippen LogP contribution in [-0.4, -0.2) is 23.2 Å². The first kappa shape index (κ1) is 16.1. The molecule has 3 rings (SSSR count). The highest BCUT2D eigenvalue weighted by molar-refractivity contribution is 6.31. The van der Waals surface area contributed by atoms with Crippen LogP contribution in [0.2, 0.25) is 5.02 Å². The fraction of sp³-hybridized carbons (Fsp3) is 0.111. The standard InChI is InChI=1S/C18H16ClN3O2/c1-11-3-6-13(19)9-15(11)20-18(23)17-10-16(21-22-17)12-4-7-14(24-2)8-5-12/h3-10H,1-2H3,(H,20,23)(H,21,22). The molecule has 0 unspecified atom stereocenters. The van der Waals surface area contributed by atoms with E-state index in [0.29, 0.717) is 22.1 Å². The van der Waals surface area contributed by atoms with Crippen LogP contribution in [0, 0.1) is 6.92 Å². The van der Waals surface area contributed by atoms with Crippen molar-refractivity contribution in [3.05, 3.63) is 64.8 Å². The largest absolute Gasteiger partial charge is 0.497 e. The number of nitrogens with one attached hydrogen (secondary N) is 2. The van der Waals surface area contributed by atoms with Crippen LogP contribution in [0.5, 0.6) is 5.75 Å². The van der Waals surface area contributed by atoms with Gasteiger partial charge in [-0.2, -0.15) is 5.10 Å². The van der Waals surface area contributed by atoms with Crippen LogP contribution in [0.15, 0.2) is 48.5 Å². The van der Waals surface area contributed by atoms with Crippen molar-refractivity contribution in [2.45, 2.75) is 6.92 Å². The molecular formula is C18H16ClN3O2. The van der Waals surface area contributed by atoms with Crippen molar-refractivity contribution < 1.29 is 9.53 Å². The third-order valence-electron chi connectivity index (χ3n) is 3.66. The number of methoxy groups -OCH3 is 1. The normalized spacial score (nSPS) is 10.5. The Morgan fingerprint density at radius 1 is 1.17 bits per heavy atom. The molecule has 24 heavy (non-hydrogen) atoms. The molecule has 5 nitrogen and oxygen atoms in total. The monoisotopic (exact) mass is 341 g/mol. The molecule has 0 bridgehead atoms. The zero-order valence-corrected chi connectivity index (χ0v) is 14.0. The first-order valence-corrected chi connectivity index (χ1v) is 7.72. The Balaban J connectivity index is 1.79. The fourth-order valence-corrected chi connectivity index (χ4v) is 2.44. The van der Waals surface area contributed by atoms with Crippen molar-refractivity contribution in [3.8, 4) is 17.0 Å². The zero-order chi connectivity index (χ0) is 17.1. The molecule has 122 valence electrons. The maximum absolute atomic E-state index is 12.4. The lowest BCUT2D eigenvalue weighted by Gasteiger charge is -2.07. The van der Waals surface area contributed by atoms with E-state index < -0.39 is 0 Å². The van der Waals surface area contributed by atoms with Crippen LogP contribution < -0.4 is 10.1 Å². The molecule has 0 atom stereocenters. The molecule has 1 heterocycles. The molecule has 0 aliphatic heterocycles. The van der Waals surface area contributed by atoms with Gasteiger partial charge in [-0.05, 0) is 55.0 Å². The number of amides is 1. The van der Waals surface area contributed by atoms with E-state index in [2.05, 4.69) is 15.5 Å². The van der Waals surface area contributed by atoms with Crippen LogP contribution in [0.1, 0.15) is 16.1 Å². The number of hydrogen-bond donors (Lipinski definition) is 2. The van der Waals surface area contributed by atoms with Gasteiger partial charge in [0.2, 0.25) is 0 Å². The minimum Gasteiger partial charge on any atom is -0.497 e. The van der Waals surface area contributed by atoms with Gasteiger partial charge in [0.15, 0.2) is 0 Å². The molecule has 0 saturated heterocycles. The second-order valence-corrected chi connectivity index (χ2v) is 5.75. The predicted octanol–water partition coefficient (Wildman–Crippen LogP) is 4.30. The number of aryl methyl sites for hydroxylation is 1. The molecule has 0 spiro atoms. The molecule has 6 heteroatoms. The summed E-state index contributed by atoms with van der Waals surface area (Å²) in [6.07, 6.45) is 0. The van der Waals surface area contributed by atoms with Gasteiger partial charge in [-0.25, -0.2) is 0 Å². The van der Waals surface area contributed by atoms with Crippen molar-refractivity contribution >= 4 is 23.2 Å². The molecule has 0 fully saturated rings. The summed E-state index contributed by atoms with van der Waals surface area (Å²) in [5.41, 5.74) is 3.56. The van der Waals surface area contributed by atoms with Crippen molar-refractivity contribution in [3.63, 3.8) is 0 Å². The highest BCUT2D eigenvalue weighted by atomic mass is 35.5. The number of ether oxygens (including phenoxy) is 1. The molecular weight excluding hydrogens is 326 g/mol. The smallest absolute Gasteiger partial charge is 0.273 e. The van der Waals surface area contributed by atoms with Gasteiger partial charge >= 0.3 is 0 Å². The molecule has 2 N–H and O–H groups in total. The van der Waals surface area contributed by atoms with Crippen LogP contribution in [0.4, 0.5) is 5.69 Å². The van der Waals surface area contributed by atoms with Gasteiger partial charge in [0, 0.05) is 16.3 Å². The van der Waals surface area contributed by atoms with Crippen LogP contribution in [0.3, 0.4) is 0 Å². The Morgan fingerprint density at radius 3 is 2.62 bits per heavy atom. The summed E-state index contributed by atoms with van der Waals surface area (Å²) in [7, 11) is 1.61. The number of carbonyl (C=O) groups is 1. The molecule has 0 saturated carbocycles. The number of benzene rings is 2. The highest BCUT2D eigenvalue weighted by Gasteiger charge is 2.12. The second kappa shape index (κ2) is 6.76. The van der Waals surface area contributed by atoms with Crippen molar-refractivity contribution in [2.75, 3.05) is 12.4 Å². The number of halogens is 1. The average Bonchev–Trinajstić information content (AvgIpc) is 3.08. The van der Waals surface area contributed by atoms with E-state index in [1.165, 1.54) is 0 Å². The van der Waals surface area contributed by atoms with Crippen molar-refractivity contribution in [2.24, 2.45) is 0 Å². The third kappa shape index (κ3) is 3.41. The van der Waals surface area contributed by atoms with Crippen molar-refractivity contribution in [1.82, 2.24) is 10.2 Å². The summed E-state index contributed by atoms with van der Waals surface area (Å²) in [6, 6.07) is 14.5. The Bertz CT molecular complexity index is 872. The van der Waals surface area contributed by atoms with Crippen molar-refractivity contribution in [1.29, 1.82) is 0 Å². The maximum atomic E-state index is 12.4. The molecule has 1 aromatic heterocycles. The molecule has 0 aliphatic rings. The van der Waals surface area contributed by atoms with Crippen LogP contribution >= 0.6 is 11.6 Å². The van der Waals surface area contributed by atoms with E-state index in [4.69, 9.17) is 16.3 Å². The van der Waals surface area contributed by atoms with Crippen LogP contribution in [0.25, 0.3) is 11.3 Å². The Kier molecular flexibility index (Phi) is 4.53. The number of aromatic amines is 1. The number of H-pyrrole nitrogens is 1. The highest BCUT2D eigenvalue weighted by Crippen LogP contribution is 2.23. The molecule has 1 amide bonds. The summed E-state index contributed by atoms with van der Waals surface area (Å²) in [5.74, 6) is 0.497. The Hall–Kier alpha value is -2.79. The first-order valence-electron chi connectivity index (χ1n) is 7.34. The quantitative estimate of drug-likeness (QED) is 0.743. The van der Waals surface area contributed by atoms with Gasteiger partial charge < -0.3 is 10.1 Å². The topological polar surface area (TPSA) is 67.0 Å². The molecule has 3 aromatic rings. The first-order chi connectivity index (χ1) is 11.6. The number of nitrogens with zero attached hydrogens (tertiary/aromatic N) is 1. The van der Waals surface area contributed by atoms with E-state index in [9.17, 15) is 4.79 Å². The summed E-state index contributed by atoms with van der Waals surface area (Å²) in [5, 5.41) is 10.4. The summed E-state index contributed by atoms with van der Waals surface area (Å²) in [6.45, 7) is 1.90. The number of anilines is 1. The van der Waals surface area contributed by atoms with E-state index >= 15 is 0 Å². The van der Waals surface area contributed by atoms with E-state index in [-0.39, 0.29) is 5.91 Å². The van der Waals surface area contributed by atoms with Gasteiger partial charge in [-0.15, -0.1) is 0 Å². The summed E-state index contributed by atoms with van der Waals surface area (Å²) in [4.78, 5) is 12.4. The van der Waals surface area contributed by atoms with Gasteiger partial charge in [0.05, 0.1) is 12.8 Å². The Labute approximate surface area is 144 Å². The number of hydrogen-bond acceptors (Lipinski definition) is 3. The minimum atomic E-state index is -0.271. The Morgan fingerprint density at radius 2 is 1.92 bits per heavy atom. The number of rotatable bonds is 4. The van der Waals surface area contributed by atoms with Crippen LogP contribution in [-0.2, 0) is 0 Å². The molecule has 2 aromatic carbocycles. The van der Waals surface area contributed by atoms with Gasteiger partial charge in [-0.1, -0.05) is 17.7 Å². The molecule has 0 aliphatic carbocycles. The predicted molar refractivity (Wildman–Crippen MR) is 94.7 cm³/mol. The lowest BCUT2D eigenvalue weighted by Crippen LogP contribution is -2.13. The van der Waals surface area contributed by atoms with Gasteiger partial charge in [-0.3, -0.25) is 9.89 Å². The second-order valence-electron chi connectivity index (χ2n) is 5.31. The lowest BCUT2D eigenvalue weighted by molar-refractivity contribution is 0.102. The summed E-state index contributed by atoms with van der Waals surface area (Å²) >= 11 is 5.97. The maximum Gasteiger partial charge on any atom is 0.273 e. The summed E-state index contributed by atoms with van der Waals surface area (Å²) < 4.78 is 5.13. The number of carbonyl (C=O) groups excluding carboxylic acids is 1. The average molecular weight is 342 g/mol. The minimum absolute atomic E-state index is 0.271. The van der Waals surface area contributed by atoms with Gasteiger partial charge in [0.1, 0.15) is 11.4 Å². The van der Waals surface area contributed by atoms with E-state index in [0.717, 1.165) is 16.9 Å². The number of aromatic nitrogens is 2. The zero-order valence-electron chi connectivity index (χ0n) is 13.3. The third-order valence-corrected chi connectivity index (χ3v) is 3.89. The van der Waals surface area contributed by atoms with Gasteiger partial charge in [0.25, 0.3) is 5.91 Å². The SMILES string of the molecule is COc1ccc(-c2cc(C(=O)Nc3cc(Cl)ccc3C)[nH]n2)cc1.